The maximum Gasteiger partial charge on any atom is 0.276 e. The highest BCUT2D eigenvalue weighted by Crippen LogP contribution is 2.18. The number of para-hydroxylation sites is 1. The van der Waals surface area contributed by atoms with Gasteiger partial charge in [-0.1, -0.05) is 12.1 Å². The average Bonchev–Trinajstić information content (AvgIpc) is 2.46. The number of carbonyl (C=O) groups is 1. The second-order valence-corrected chi connectivity index (χ2v) is 4.07. The fraction of sp³-hybridized carbons (Fsp3) is 0.143. The van der Waals surface area contributed by atoms with Crippen LogP contribution in [0, 0.1) is 5.82 Å². The Balaban J connectivity index is 2.31. The maximum absolute atomic E-state index is 13.6. The number of benzene rings is 1. The summed E-state index contributed by atoms with van der Waals surface area (Å²) in [5, 5.41) is 0. The second kappa shape index (κ2) is 5.58. The zero-order valence-electron chi connectivity index (χ0n) is 10.5. The first kappa shape index (κ1) is 13.2. The van der Waals surface area contributed by atoms with Crippen molar-refractivity contribution in [3.63, 3.8) is 0 Å². The van der Waals surface area contributed by atoms with Crippen LogP contribution in [-0.2, 0) is 6.54 Å². The third-order valence-electron chi connectivity index (χ3n) is 2.80. The molecule has 0 radical (unpaired) electrons. The number of pyridine rings is 1. The Morgan fingerprint density at radius 1 is 1.37 bits per heavy atom. The molecule has 0 fully saturated rings. The molecule has 0 saturated heterocycles. The number of nitrogens with zero attached hydrogens (tertiary/aromatic N) is 2. The van der Waals surface area contributed by atoms with E-state index in [4.69, 9.17) is 5.73 Å². The number of amides is 1. The van der Waals surface area contributed by atoms with E-state index in [9.17, 15) is 9.18 Å². The molecule has 98 valence electrons. The Morgan fingerprint density at radius 3 is 2.79 bits per heavy atom. The van der Waals surface area contributed by atoms with E-state index in [1.807, 2.05) is 0 Å². The van der Waals surface area contributed by atoms with Crippen LogP contribution in [0.15, 0.2) is 42.6 Å². The lowest BCUT2D eigenvalue weighted by Crippen LogP contribution is -2.28. The van der Waals surface area contributed by atoms with Gasteiger partial charge in [-0.15, -0.1) is 0 Å². The number of aromatic nitrogens is 1. The van der Waals surface area contributed by atoms with Crippen molar-refractivity contribution >= 4 is 11.6 Å². The fourth-order valence-corrected chi connectivity index (χ4v) is 1.72. The molecule has 0 aliphatic heterocycles. The summed E-state index contributed by atoms with van der Waals surface area (Å²) in [6.45, 7) is 0.326. The summed E-state index contributed by atoms with van der Waals surface area (Å²) in [5.74, 6) is -0.825. The lowest BCUT2D eigenvalue weighted by Gasteiger charge is -2.17. The van der Waals surface area contributed by atoms with E-state index in [0.29, 0.717) is 6.54 Å². The van der Waals surface area contributed by atoms with Crippen molar-refractivity contribution in [3.05, 3.63) is 59.7 Å². The van der Waals surface area contributed by atoms with Crippen LogP contribution < -0.4 is 10.6 Å². The Kier molecular flexibility index (Phi) is 3.87. The Hall–Kier alpha value is -2.27. The zero-order chi connectivity index (χ0) is 13.8. The largest absolute Gasteiger partial charge is 0.326 e. The minimum Gasteiger partial charge on any atom is -0.326 e. The maximum atomic E-state index is 13.6. The van der Waals surface area contributed by atoms with Gasteiger partial charge in [-0.3, -0.25) is 9.78 Å². The van der Waals surface area contributed by atoms with Crippen LogP contribution >= 0.6 is 0 Å². The molecule has 0 spiro atoms. The molecule has 2 rings (SSSR count). The Morgan fingerprint density at radius 2 is 2.11 bits per heavy atom. The van der Waals surface area contributed by atoms with Crippen molar-refractivity contribution in [2.24, 2.45) is 5.73 Å². The molecule has 1 aromatic carbocycles. The van der Waals surface area contributed by atoms with E-state index < -0.39 is 5.82 Å². The van der Waals surface area contributed by atoms with Gasteiger partial charge in [-0.2, -0.15) is 0 Å². The minimum atomic E-state index is -0.451. The van der Waals surface area contributed by atoms with Gasteiger partial charge < -0.3 is 10.6 Å². The molecule has 0 aliphatic rings. The van der Waals surface area contributed by atoms with Crippen LogP contribution in [0.4, 0.5) is 10.1 Å². The number of hydrogen-bond acceptors (Lipinski definition) is 3. The predicted molar refractivity (Wildman–Crippen MR) is 71.3 cm³/mol. The normalized spacial score (nSPS) is 10.3. The van der Waals surface area contributed by atoms with E-state index >= 15 is 0 Å². The lowest BCUT2D eigenvalue weighted by molar-refractivity contribution is 0.0987. The van der Waals surface area contributed by atoms with Gasteiger partial charge in [0.2, 0.25) is 0 Å². The summed E-state index contributed by atoms with van der Waals surface area (Å²) in [7, 11) is 1.51. The molecule has 1 aromatic heterocycles. The first-order chi connectivity index (χ1) is 9.13. The third-order valence-corrected chi connectivity index (χ3v) is 2.80. The van der Waals surface area contributed by atoms with Crippen LogP contribution in [0.1, 0.15) is 16.1 Å². The van der Waals surface area contributed by atoms with Gasteiger partial charge in [0.15, 0.2) is 0 Å². The van der Waals surface area contributed by atoms with Crippen molar-refractivity contribution in [1.82, 2.24) is 4.98 Å². The van der Waals surface area contributed by atoms with Crippen LogP contribution in [0.2, 0.25) is 0 Å². The number of anilines is 1. The average molecular weight is 259 g/mol. The predicted octanol–water partition coefficient (Wildman–Crippen LogP) is 1.96. The quantitative estimate of drug-likeness (QED) is 0.916. The highest BCUT2D eigenvalue weighted by Gasteiger charge is 2.17. The summed E-state index contributed by atoms with van der Waals surface area (Å²) in [6.07, 6.45) is 1.52. The standard InChI is InChI=1S/C14H14FN3O/c1-18(13-5-3-2-4-11(13)15)14(19)12-8-10(9-16)6-7-17-12/h2-8H,9,16H2,1H3. The summed E-state index contributed by atoms with van der Waals surface area (Å²) in [4.78, 5) is 17.4. The summed E-state index contributed by atoms with van der Waals surface area (Å²) >= 11 is 0. The number of hydrogen-bond donors (Lipinski definition) is 1. The molecule has 0 bridgehead atoms. The molecule has 0 atom stereocenters. The Bertz CT molecular complexity index is 601. The summed E-state index contributed by atoms with van der Waals surface area (Å²) in [5.41, 5.74) is 6.78. The third kappa shape index (κ3) is 2.77. The van der Waals surface area contributed by atoms with Crippen molar-refractivity contribution in [3.8, 4) is 0 Å². The molecule has 0 saturated carbocycles. The summed E-state index contributed by atoms with van der Waals surface area (Å²) in [6, 6.07) is 9.44. The highest BCUT2D eigenvalue weighted by molar-refractivity contribution is 6.04. The van der Waals surface area contributed by atoms with Crippen molar-refractivity contribution < 1.29 is 9.18 Å². The topological polar surface area (TPSA) is 59.2 Å². The van der Waals surface area contributed by atoms with Crippen LogP contribution in [0.25, 0.3) is 0 Å². The zero-order valence-corrected chi connectivity index (χ0v) is 10.5. The van der Waals surface area contributed by atoms with Crippen molar-refractivity contribution in [2.75, 3.05) is 11.9 Å². The van der Waals surface area contributed by atoms with Gasteiger partial charge in [0.1, 0.15) is 11.5 Å². The van der Waals surface area contributed by atoms with Gasteiger partial charge in [0, 0.05) is 19.8 Å². The molecule has 1 heterocycles. The molecule has 1 amide bonds. The van der Waals surface area contributed by atoms with E-state index in [1.165, 1.54) is 24.2 Å². The first-order valence-electron chi connectivity index (χ1n) is 5.81. The van der Waals surface area contributed by atoms with Crippen molar-refractivity contribution in [1.29, 1.82) is 0 Å². The second-order valence-electron chi connectivity index (χ2n) is 4.07. The van der Waals surface area contributed by atoms with E-state index in [-0.39, 0.29) is 17.3 Å². The number of halogens is 1. The molecule has 19 heavy (non-hydrogen) atoms. The highest BCUT2D eigenvalue weighted by atomic mass is 19.1. The first-order valence-corrected chi connectivity index (χ1v) is 5.81. The SMILES string of the molecule is CN(C(=O)c1cc(CN)ccn1)c1ccccc1F. The van der Waals surface area contributed by atoms with Gasteiger partial charge in [0.25, 0.3) is 5.91 Å². The molecule has 2 aromatic rings. The van der Waals surface area contributed by atoms with Gasteiger partial charge in [0.05, 0.1) is 5.69 Å². The molecular formula is C14H14FN3O. The van der Waals surface area contributed by atoms with E-state index in [2.05, 4.69) is 4.98 Å². The van der Waals surface area contributed by atoms with E-state index in [1.54, 1.807) is 30.3 Å². The fourth-order valence-electron chi connectivity index (χ4n) is 1.72. The monoisotopic (exact) mass is 259 g/mol. The molecule has 5 heteroatoms. The molecular weight excluding hydrogens is 245 g/mol. The van der Waals surface area contributed by atoms with Crippen molar-refractivity contribution in [2.45, 2.75) is 6.54 Å². The summed E-state index contributed by atoms with van der Waals surface area (Å²) < 4.78 is 13.6. The Labute approximate surface area is 110 Å². The minimum absolute atomic E-state index is 0.215. The molecule has 4 nitrogen and oxygen atoms in total. The van der Waals surface area contributed by atoms with Gasteiger partial charge >= 0.3 is 0 Å². The molecule has 0 unspecified atom stereocenters. The van der Waals surface area contributed by atoms with Gasteiger partial charge in [-0.25, -0.2) is 4.39 Å². The van der Waals surface area contributed by atoms with Crippen LogP contribution in [0.5, 0.6) is 0 Å². The number of carbonyl (C=O) groups excluding carboxylic acids is 1. The van der Waals surface area contributed by atoms with Crippen LogP contribution in [0.3, 0.4) is 0 Å². The number of rotatable bonds is 3. The molecule has 0 aliphatic carbocycles. The smallest absolute Gasteiger partial charge is 0.276 e. The number of nitrogens with two attached hydrogens (primary N) is 1. The molecule has 2 N–H and O–H groups in total. The van der Waals surface area contributed by atoms with E-state index in [0.717, 1.165) is 5.56 Å². The van der Waals surface area contributed by atoms with Gasteiger partial charge in [-0.05, 0) is 29.8 Å². The van der Waals surface area contributed by atoms with Crippen LogP contribution in [-0.4, -0.2) is 17.9 Å². The lowest BCUT2D eigenvalue weighted by atomic mass is 10.2.